The molecule has 0 aromatic heterocycles. The second-order valence-corrected chi connectivity index (χ2v) is 6.58. The summed E-state index contributed by atoms with van der Waals surface area (Å²) < 4.78 is 0. The number of benzene rings is 2. The van der Waals surface area contributed by atoms with Gasteiger partial charge >= 0.3 is 0 Å². The summed E-state index contributed by atoms with van der Waals surface area (Å²) in [4.78, 5) is 26.4. The predicted octanol–water partition coefficient (Wildman–Crippen LogP) is 4.08. The summed E-state index contributed by atoms with van der Waals surface area (Å²) in [5.74, 6) is -0.757. The Kier molecular flexibility index (Phi) is 4.78. The normalized spacial score (nSPS) is 16.3. The molecule has 0 saturated heterocycles. The Hall–Kier alpha value is -2.04. The van der Waals surface area contributed by atoms with Crippen molar-refractivity contribution in [2.24, 2.45) is 0 Å². The molecule has 4 nitrogen and oxygen atoms in total. The number of rotatable bonds is 3. The van der Waals surface area contributed by atoms with Crippen LogP contribution < -0.4 is 5.32 Å². The zero-order chi connectivity index (χ0) is 17.3. The van der Waals surface area contributed by atoms with Gasteiger partial charge < -0.3 is 10.2 Å². The predicted molar refractivity (Wildman–Crippen MR) is 95.4 cm³/mol. The largest absolute Gasteiger partial charge is 0.341 e. The summed E-state index contributed by atoms with van der Waals surface area (Å²) in [6, 6.07) is 12.7. The van der Waals surface area contributed by atoms with Gasteiger partial charge in [-0.15, -0.1) is 0 Å². The van der Waals surface area contributed by atoms with Crippen LogP contribution in [0.15, 0.2) is 42.5 Å². The average Bonchev–Trinajstić information content (AvgIpc) is 2.57. The fraction of sp³-hybridized carbons (Fsp3) is 0.222. The van der Waals surface area contributed by atoms with Gasteiger partial charge in [0.15, 0.2) is 0 Å². The lowest BCUT2D eigenvalue weighted by molar-refractivity contribution is -0.134. The van der Waals surface area contributed by atoms with Gasteiger partial charge in [0.2, 0.25) is 11.8 Å². The van der Waals surface area contributed by atoms with E-state index >= 15 is 0 Å². The Balaban J connectivity index is 1.84. The summed E-state index contributed by atoms with van der Waals surface area (Å²) in [5, 5.41) is 3.70. The molecule has 1 aliphatic heterocycles. The highest BCUT2D eigenvalue weighted by atomic mass is 35.5. The zero-order valence-corrected chi connectivity index (χ0v) is 14.6. The van der Waals surface area contributed by atoms with E-state index in [1.54, 1.807) is 30.1 Å². The quantitative estimate of drug-likeness (QED) is 0.894. The van der Waals surface area contributed by atoms with E-state index < -0.39 is 5.92 Å². The lowest BCUT2D eigenvalue weighted by Gasteiger charge is -2.28. The minimum absolute atomic E-state index is 0.117. The van der Waals surface area contributed by atoms with Crippen LogP contribution in [0, 0.1) is 0 Å². The molecule has 2 aromatic carbocycles. The van der Waals surface area contributed by atoms with Crippen LogP contribution in [0.2, 0.25) is 10.0 Å². The summed E-state index contributed by atoms with van der Waals surface area (Å²) in [6.07, 6.45) is 0.142. The molecule has 0 saturated carbocycles. The van der Waals surface area contributed by atoms with Gasteiger partial charge in [0, 0.05) is 25.7 Å². The van der Waals surface area contributed by atoms with Gasteiger partial charge in [0.1, 0.15) is 0 Å². The van der Waals surface area contributed by atoms with Crippen molar-refractivity contribution < 1.29 is 9.59 Å². The van der Waals surface area contributed by atoms with E-state index in [9.17, 15) is 9.59 Å². The fourth-order valence-corrected chi connectivity index (χ4v) is 3.28. The summed E-state index contributed by atoms with van der Waals surface area (Å²) in [5.41, 5.74) is 2.31. The summed E-state index contributed by atoms with van der Waals surface area (Å²) in [7, 11) is 1.70. The van der Waals surface area contributed by atoms with Crippen molar-refractivity contribution in [2.45, 2.75) is 18.9 Å². The fourth-order valence-electron chi connectivity index (χ4n) is 2.90. The lowest BCUT2D eigenvalue weighted by atomic mass is 9.89. The van der Waals surface area contributed by atoms with Crippen LogP contribution in [0.25, 0.3) is 0 Å². The summed E-state index contributed by atoms with van der Waals surface area (Å²) >= 11 is 12.2. The molecule has 0 bridgehead atoms. The van der Waals surface area contributed by atoms with Gasteiger partial charge in [-0.1, -0.05) is 53.5 Å². The number of anilines is 1. The van der Waals surface area contributed by atoms with Crippen molar-refractivity contribution in [3.8, 4) is 0 Å². The molecule has 1 unspecified atom stereocenters. The van der Waals surface area contributed by atoms with Gasteiger partial charge in [-0.05, 0) is 23.3 Å². The maximum absolute atomic E-state index is 12.9. The monoisotopic (exact) mass is 362 g/mol. The first-order valence-electron chi connectivity index (χ1n) is 7.54. The average molecular weight is 363 g/mol. The van der Waals surface area contributed by atoms with Crippen molar-refractivity contribution in [1.29, 1.82) is 0 Å². The molecule has 1 heterocycles. The van der Waals surface area contributed by atoms with E-state index in [-0.39, 0.29) is 18.2 Å². The van der Waals surface area contributed by atoms with E-state index in [0.717, 1.165) is 11.1 Å². The maximum atomic E-state index is 12.9. The van der Waals surface area contributed by atoms with Crippen molar-refractivity contribution in [2.75, 3.05) is 12.4 Å². The van der Waals surface area contributed by atoms with Crippen molar-refractivity contribution >= 4 is 40.7 Å². The SMILES string of the molecule is CN(Cc1cccc(Cl)c1Cl)C(=O)C1CC(=O)Nc2ccccc21. The number of hydrogen-bond donors (Lipinski definition) is 1. The number of nitrogens with one attached hydrogen (secondary N) is 1. The highest BCUT2D eigenvalue weighted by Crippen LogP contribution is 2.34. The van der Waals surface area contributed by atoms with E-state index in [1.165, 1.54) is 0 Å². The number of fused-ring (bicyclic) bond motifs is 1. The van der Waals surface area contributed by atoms with Crippen molar-refractivity contribution in [1.82, 2.24) is 4.90 Å². The van der Waals surface area contributed by atoms with Gasteiger partial charge in [0.25, 0.3) is 0 Å². The molecule has 1 atom stereocenters. The second-order valence-electron chi connectivity index (χ2n) is 5.80. The highest BCUT2D eigenvalue weighted by Gasteiger charge is 2.32. The van der Waals surface area contributed by atoms with Crippen LogP contribution in [-0.4, -0.2) is 23.8 Å². The van der Waals surface area contributed by atoms with Gasteiger partial charge in [-0.25, -0.2) is 0 Å². The Bertz CT molecular complexity index is 807. The minimum atomic E-state index is -0.488. The number of para-hydroxylation sites is 1. The highest BCUT2D eigenvalue weighted by molar-refractivity contribution is 6.42. The smallest absolute Gasteiger partial charge is 0.230 e. The Labute approximate surface area is 150 Å². The van der Waals surface area contributed by atoms with Crippen LogP contribution in [0.1, 0.15) is 23.5 Å². The first-order chi connectivity index (χ1) is 11.5. The molecule has 1 aliphatic rings. The molecule has 3 rings (SSSR count). The van der Waals surface area contributed by atoms with E-state index in [1.807, 2.05) is 24.3 Å². The lowest BCUT2D eigenvalue weighted by Crippen LogP contribution is -2.36. The van der Waals surface area contributed by atoms with Crippen molar-refractivity contribution in [3.05, 3.63) is 63.6 Å². The summed E-state index contributed by atoms with van der Waals surface area (Å²) in [6.45, 7) is 0.332. The molecular weight excluding hydrogens is 347 g/mol. The van der Waals surface area contributed by atoms with Crippen LogP contribution in [0.3, 0.4) is 0 Å². The number of halogens is 2. The number of carbonyl (C=O) groups excluding carboxylic acids is 2. The molecule has 2 aromatic rings. The Morgan fingerprint density at radius 1 is 1.21 bits per heavy atom. The molecular formula is C18H16Cl2N2O2. The first-order valence-corrected chi connectivity index (χ1v) is 8.29. The third-order valence-corrected chi connectivity index (χ3v) is 4.97. The molecule has 0 radical (unpaired) electrons. The topological polar surface area (TPSA) is 49.4 Å². The van der Waals surface area contributed by atoms with Crippen LogP contribution in [0.5, 0.6) is 0 Å². The number of carbonyl (C=O) groups is 2. The molecule has 2 amide bonds. The molecule has 0 fully saturated rings. The van der Waals surface area contributed by atoms with Crippen LogP contribution >= 0.6 is 23.2 Å². The van der Waals surface area contributed by atoms with E-state index in [0.29, 0.717) is 22.3 Å². The zero-order valence-electron chi connectivity index (χ0n) is 13.1. The third-order valence-electron chi connectivity index (χ3n) is 4.11. The molecule has 0 aliphatic carbocycles. The standard InChI is InChI=1S/C18H16Cl2N2O2/c1-22(10-11-5-4-7-14(19)17(11)20)18(24)13-9-16(23)21-15-8-3-2-6-12(13)15/h2-8,13H,9-10H2,1H3,(H,21,23). The Morgan fingerprint density at radius 3 is 2.75 bits per heavy atom. The first kappa shape index (κ1) is 16.8. The van der Waals surface area contributed by atoms with Crippen molar-refractivity contribution in [3.63, 3.8) is 0 Å². The number of amides is 2. The second kappa shape index (κ2) is 6.83. The number of hydrogen-bond acceptors (Lipinski definition) is 2. The molecule has 6 heteroatoms. The van der Waals surface area contributed by atoms with Gasteiger partial charge in [0.05, 0.1) is 16.0 Å². The number of nitrogens with zero attached hydrogens (tertiary/aromatic N) is 1. The van der Waals surface area contributed by atoms with E-state index in [2.05, 4.69) is 5.32 Å². The van der Waals surface area contributed by atoms with Gasteiger partial charge in [-0.2, -0.15) is 0 Å². The van der Waals surface area contributed by atoms with E-state index in [4.69, 9.17) is 23.2 Å². The Morgan fingerprint density at radius 2 is 1.96 bits per heavy atom. The molecule has 1 N–H and O–H groups in total. The van der Waals surface area contributed by atoms with Gasteiger partial charge in [-0.3, -0.25) is 9.59 Å². The third kappa shape index (κ3) is 3.25. The minimum Gasteiger partial charge on any atom is -0.341 e. The molecule has 0 spiro atoms. The maximum Gasteiger partial charge on any atom is 0.230 e. The van der Waals surface area contributed by atoms with Crippen LogP contribution in [0.4, 0.5) is 5.69 Å². The molecule has 124 valence electrons. The molecule has 24 heavy (non-hydrogen) atoms. The number of likely N-dealkylation sites (N-methyl/N-ethyl adjacent to an activating group) is 1. The van der Waals surface area contributed by atoms with Crippen LogP contribution in [-0.2, 0) is 16.1 Å².